The Hall–Kier alpha value is -2.31. The maximum absolute atomic E-state index is 5.67. The number of hydrazine groups is 1. The maximum atomic E-state index is 5.67. The summed E-state index contributed by atoms with van der Waals surface area (Å²) < 4.78 is 0. The molecule has 2 aliphatic rings. The Labute approximate surface area is 129 Å². The summed E-state index contributed by atoms with van der Waals surface area (Å²) in [6.45, 7) is 3.11. The number of hydrogen-bond donors (Lipinski definition) is 4. The van der Waals surface area contributed by atoms with Crippen LogP contribution in [0, 0.1) is 0 Å². The van der Waals surface area contributed by atoms with Crippen LogP contribution in [0.4, 0.5) is 17.2 Å². The molecule has 22 heavy (non-hydrogen) atoms. The highest BCUT2D eigenvalue weighted by molar-refractivity contribution is 5.79. The number of nitrogen functional groups attached to an aromatic ring is 1. The average Bonchev–Trinajstić information content (AvgIpc) is 2.79. The Balaban J connectivity index is 1.75. The summed E-state index contributed by atoms with van der Waals surface area (Å²) in [6.07, 6.45) is 3.46. The van der Waals surface area contributed by atoms with Gasteiger partial charge < -0.3 is 16.0 Å². The van der Waals surface area contributed by atoms with Crippen LogP contribution in [0.2, 0.25) is 0 Å². The second kappa shape index (κ2) is 5.15. The van der Waals surface area contributed by atoms with Gasteiger partial charge in [-0.3, -0.25) is 0 Å². The minimum atomic E-state index is 0.271. The molecule has 1 aromatic carbocycles. The average molecular weight is 296 g/mol. The molecule has 2 aliphatic heterocycles. The molecule has 0 radical (unpaired) electrons. The summed E-state index contributed by atoms with van der Waals surface area (Å²) in [5.74, 6) is 0.544. The van der Waals surface area contributed by atoms with Crippen molar-refractivity contribution in [3.63, 3.8) is 0 Å². The van der Waals surface area contributed by atoms with Gasteiger partial charge in [0.2, 0.25) is 0 Å². The van der Waals surface area contributed by atoms with Crippen LogP contribution in [0.5, 0.6) is 0 Å². The zero-order valence-corrected chi connectivity index (χ0v) is 12.5. The molecule has 6 heteroatoms. The number of benzene rings is 1. The molecule has 1 aromatic heterocycles. The van der Waals surface area contributed by atoms with Crippen molar-refractivity contribution in [2.75, 3.05) is 22.5 Å². The second-order valence-electron chi connectivity index (χ2n) is 5.81. The first-order chi connectivity index (χ1) is 10.7. The molecule has 0 bridgehead atoms. The summed E-state index contributed by atoms with van der Waals surface area (Å²) in [4.78, 5) is 6.57. The molecule has 3 heterocycles. The van der Waals surface area contributed by atoms with Crippen molar-refractivity contribution in [3.8, 4) is 11.1 Å². The molecule has 114 valence electrons. The summed E-state index contributed by atoms with van der Waals surface area (Å²) in [5.41, 5.74) is 16.9. The fraction of sp³-hybridized carbons (Fsp3) is 0.312. The number of rotatable bonds is 1. The number of nitrogens with one attached hydrogen (secondary N) is 3. The highest BCUT2D eigenvalue weighted by Crippen LogP contribution is 2.36. The van der Waals surface area contributed by atoms with Crippen molar-refractivity contribution < 1.29 is 0 Å². The van der Waals surface area contributed by atoms with Crippen molar-refractivity contribution in [2.24, 2.45) is 0 Å². The van der Waals surface area contributed by atoms with Gasteiger partial charge in [-0.15, -0.1) is 0 Å². The fourth-order valence-corrected chi connectivity index (χ4v) is 3.22. The van der Waals surface area contributed by atoms with Crippen LogP contribution in [-0.4, -0.2) is 23.9 Å². The van der Waals surface area contributed by atoms with E-state index in [4.69, 9.17) is 5.73 Å². The van der Waals surface area contributed by atoms with Crippen LogP contribution in [-0.2, 0) is 0 Å². The van der Waals surface area contributed by atoms with Crippen LogP contribution in [0.3, 0.4) is 0 Å². The molecule has 0 saturated carbocycles. The van der Waals surface area contributed by atoms with E-state index in [1.54, 1.807) is 0 Å². The van der Waals surface area contributed by atoms with Crippen LogP contribution in [0.1, 0.15) is 13.3 Å². The van der Waals surface area contributed by atoms with E-state index >= 15 is 0 Å². The molecule has 1 fully saturated rings. The van der Waals surface area contributed by atoms with Gasteiger partial charge in [-0.25, -0.2) is 15.8 Å². The second-order valence-corrected chi connectivity index (χ2v) is 5.81. The molecular formula is C16H20N6. The van der Waals surface area contributed by atoms with Crippen LogP contribution < -0.4 is 26.8 Å². The van der Waals surface area contributed by atoms with Crippen molar-refractivity contribution in [1.29, 1.82) is 0 Å². The largest absolute Gasteiger partial charge is 0.384 e. The van der Waals surface area contributed by atoms with Gasteiger partial charge in [-0.05, 0) is 43.2 Å². The van der Waals surface area contributed by atoms with E-state index in [9.17, 15) is 0 Å². The predicted octanol–water partition coefficient (Wildman–Crippen LogP) is 1.73. The lowest BCUT2D eigenvalue weighted by molar-refractivity contribution is 0.529. The standard InChI is InChI=1S/C16H20N6/c1-10-20-21-16-6-7-18-13-8-11(2-4-14(13)22(10)16)12-3-5-15(17)19-9-12/h2-5,8-10,16,18,20-21H,6-7H2,1H3,(H2,17,19). The number of aromatic nitrogens is 1. The SMILES string of the molecule is CC1NNC2CCNc3cc(-c4ccc(N)nc4)ccc3N12. The fourth-order valence-electron chi connectivity index (χ4n) is 3.22. The molecule has 0 amide bonds. The van der Waals surface area contributed by atoms with E-state index in [1.807, 2.05) is 18.3 Å². The molecule has 6 nitrogen and oxygen atoms in total. The third-order valence-corrected chi connectivity index (χ3v) is 4.34. The first kappa shape index (κ1) is 13.4. The molecule has 2 unspecified atom stereocenters. The molecule has 4 rings (SSSR count). The Morgan fingerprint density at radius 1 is 1.18 bits per heavy atom. The molecule has 2 atom stereocenters. The molecule has 1 saturated heterocycles. The van der Waals surface area contributed by atoms with Gasteiger partial charge in [0, 0.05) is 18.3 Å². The third-order valence-electron chi connectivity index (χ3n) is 4.34. The number of hydrogen-bond acceptors (Lipinski definition) is 6. The van der Waals surface area contributed by atoms with Gasteiger partial charge in [-0.2, -0.15) is 0 Å². The number of nitrogens with zero attached hydrogens (tertiary/aromatic N) is 2. The van der Waals surface area contributed by atoms with Gasteiger partial charge in [0.25, 0.3) is 0 Å². The number of anilines is 3. The summed E-state index contributed by atoms with van der Waals surface area (Å²) in [6, 6.07) is 10.3. The van der Waals surface area contributed by atoms with Crippen molar-refractivity contribution in [1.82, 2.24) is 15.8 Å². The number of fused-ring (bicyclic) bond motifs is 3. The summed E-state index contributed by atoms with van der Waals surface area (Å²) in [5, 5.41) is 3.54. The minimum Gasteiger partial charge on any atom is -0.384 e. The van der Waals surface area contributed by atoms with Crippen molar-refractivity contribution in [2.45, 2.75) is 25.7 Å². The smallest absolute Gasteiger partial charge is 0.123 e. The lowest BCUT2D eigenvalue weighted by atomic mass is 10.1. The van der Waals surface area contributed by atoms with E-state index in [1.165, 1.54) is 5.69 Å². The topological polar surface area (TPSA) is 78.2 Å². The molecule has 5 N–H and O–H groups in total. The normalized spacial score (nSPS) is 23.4. The highest BCUT2D eigenvalue weighted by Gasteiger charge is 2.32. The monoisotopic (exact) mass is 296 g/mol. The molecule has 0 spiro atoms. The lowest BCUT2D eigenvalue weighted by Crippen LogP contribution is -2.38. The maximum Gasteiger partial charge on any atom is 0.123 e. The van der Waals surface area contributed by atoms with Gasteiger partial charge >= 0.3 is 0 Å². The van der Waals surface area contributed by atoms with E-state index < -0.39 is 0 Å². The van der Waals surface area contributed by atoms with Gasteiger partial charge in [0.15, 0.2) is 0 Å². The summed E-state index contributed by atoms with van der Waals surface area (Å²) in [7, 11) is 0. The first-order valence-corrected chi connectivity index (χ1v) is 7.61. The highest BCUT2D eigenvalue weighted by atomic mass is 15.6. The zero-order chi connectivity index (χ0) is 15.1. The first-order valence-electron chi connectivity index (χ1n) is 7.61. The van der Waals surface area contributed by atoms with E-state index in [-0.39, 0.29) is 6.17 Å². The Kier molecular flexibility index (Phi) is 3.13. The molecule has 0 aliphatic carbocycles. The predicted molar refractivity (Wildman–Crippen MR) is 89.2 cm³/mol. The Bertz CT molecular complexity index is 684. The van der Waals surface area contributed by atoms with Gasteiger partial charge in [-0.1, -0.05) is 6.07 Å². The quantitative estimate of drug-likeness (QED) is 0.642. The van der Waals surface area contributed by atoms with E-state index in [2.05, 4.69) is 51.2 Å². The van der Waals surface area contributed by atoms with Crippen LogP contribution in [0.15, 0.2) is 36.5 Å². The molecule has 2 aromatic rings. The summed E-state index contributed by atoms with van der Waals surface area (Å²) >= 11 is 0. The van der Waals surface area contributed by atoms with Crippen LogP contribution in [0.25, 0.3) is 11.1 Å². The van der Waals surface area contributed by atoms with E-state index in [0.717, 1.165) is 29.8 Å². The zero-order valence-electron chi connectivity index (χ0n) is 12.5. The Morgan fingerprint density at radius 2 is 2.05 bits per heavy atom. The molecular weight excluding hydrogens is 276 g/mol. The third kappa shape index (κ3) is 2.17. The lowest BCUT2D eigenvalue weighted by Gasteiger charge is -2.27. The minimum absolute atomic E-state index is 0.271. The number of nitrogens with two attached hydrogens (primary N) is 1. The Morgan fingerprint density at radius 3 is 2.86 bits per heavy atom. The van der Waals surface area contributed by atoms with Crippen molar-refractivity contribution in [3.05, 3.63) is 36.5 Å². The number of pyridine rings is 1. The van der Waals surface area contributed by atoms with Gasteiger partial charge in [0.05, 0.1) is 23.7 Å². The van der Waals surface area contributed by atoms with Gasteiger partial charge in [0.1, 0.15) is 5.82 Å². The van der Waals surface area contributed by atoms with Crippen LogP contribution >= 0.6 is 0 Å². The van der Waals surface area contributed by atoms with E-state index in [0.29, 0.717) is 12.0 Å². The van der Waals surface area contributed by atoms with Crippen molar-refractivity contribution >= 4 is 17.2 Å².